The molecule has 1 fully saturated rings. The van der Waals surface area contributed by atoms with E-state index in [0.717, 1.165) is 30.4 Å². The van der Waals surface area contributed by atoms with Crippen molar-refractivity contribution in [2.75, 3.05) is 6.54 Å². The number of aromatic nitrogens is 2. The first kappa shape index (κ1) is 13.4. The smallest absolute Gasteiger partial charge is 0.274 e. The van der Waals surface area contributed by atoms with E-state index in [1.54, 1.807) is 17.5 Å². The van der Waals surface area contributed by atoms with E-state index in [4.69, 9.17) is 0 Å². The van der Waals surface area contributed by atoms with Crippen molar-refractivity contribution in [1.29, 1.82) is 0 Å². The highest BCUT2D eigenvalue weighted by atomic mass is 32.1. The lowest BCUT2D eigenvalue weighted by atomic mass is 10.1. The molecule has 1 amide bonds. The summed E-state index contributed by atoms with van der Waals surface area (Å²) in [5, 5.41) is 4.19. The highest BCUT2D eigenvalue weighted by Crippen LogP contribution is 2.33. The summed E-state index contributed by atoms with van der Waals surface area (Å²) in [4.78, 5) is 23.6. The molecule has 0 spiro atoms. The van der Waals surface area contributed by atoms with Crippen molar-refractivity contribution in [3.8, 4) is 0 Å². The largest absolute Gasteiger partial charge is 0.330 e. The number of carbonyl (C=O) groups is 1. The van der Waals surface area contributed by atoms with E-state index in [0.29, 0.717) is 5.69 Å². The Kier molecular flexibility index (Phi) is 3.35. The van der Waals surface area contributed by atoms with Gasteiger partial charge in [0.05, 0.1) is 23.3 Å². The molecule has 5 heteroatoms. The van der Waals surface area contributed by atoms with Crippen LogP contribution in [-0.4, -0.2) is 27.3 Å². The van der Waals surface area contributed by atoms with Gasteiger partial charge in [0.25, 0.3) is 5.91 Å². The summed E-state index contributed by atoms with van der Waals surface area (Å²) in [7, 11) is 0. The number of hydrogen-bond acceptors (Lipinski definition) is 4. The minimum atomic E-state index is -0.0213. The Labute approximate surface area is 132 Å². The standard InChI is InChI=1S/C17H15N3OS/c21-17(15-10-18-13-4-1-2-5-14(13)19-15)20-8-3-6-16(20)12-7-9-22-11-12/h1-2,4-5,7,9-11,16H,3,6,8H2/t16-/m1/s1. The van der Waals surface area contributed by atoms with Crippen molar-refractivity contribution in [2.45, 2.75) is 18.9 Å². The summed E-state index contributed by atoms with van der Waals surface area (Å²) in [5.41, 5.74) is 3.24. The fourth-order valence-electron chi connectivity index (χ4n) is 3.03. The molecule has 4 rings (SSSR count). The third-order valence-corrected chi connectivity index (χ3v) is 4.81. The number of para-hydroxylation sites is 2. The number of thiophene rings is 1. The van der Waals surface area contributed by atoms with Gasteiger partial charge in [-0.2, -0.15) is 11.3 Å². The summed E-state index contributed by atoms with van der Waals surface area (Å²) in [5.74, 6) is -0.0213. The quantitative estimate of drug-likeness (QED) is 0.725. The average Bonchev–Trinajstić information content (AvgIpc) is 3.24. The molecule has 0 saturated carbocycles. The molecular formula is C17H15N3OS. The van der Waals surface area contributed by atoms with Crippen LogP contribution >= 0.6 is 11.3 Å². The van der Waals surface area contributed by atoms with Gasteiger partial charge in [-0.25, -0.2) is 4.98 Å². The average molecular weight is 309 g/mol. The van der Waals surface area contributed by atoms with Gasteiger partial charge in [0, 0.05) is 6.54 Å². The van der Waals surface area contributed by atoms with Crippen LogP contribution in [-0.2, 0) is 0 Å². The molecule has 1 aromatic carbocycles. The van der Waals surface area contributed by atoms with Crippen molar-refractivity contribution >= 4 is 28.3 Å². The van der Waals surface area contributed by atoms with Crippen molar-refractivity contribution in [2.24, 2.45) is 0 Å². The zero-order valence-corrected chi connectivity index (χ0v) is 12.8. The van der Waals surface area contributed by atoms with E-state index in [1.165, 1.54) is 5.56 Å². The predicted octanol–water partition coefficient (Wildman–Crippen LogP) is 3.67. The third-order valence-electron chi connectivity index (χ3n) is 4.11. The van der Waals surface area contributed by atoms with Crippen LogP contribution in [0.2, 0.25) is 0 Å². The van der Waals surface area contributed by atoms with Gasteiger partial charge in [-0.1, -0.05) is 12.1 Å². The maximum absolute atomic E-state index is 12.8. The lowest BCUT2D eigenvalue weighted by Crippen LogP contribution is -2.31. The van der Waals surface area contributed by atoms with Crippen LogP contribution < -0.4 is 0 Å². The zero-order valence-electron chi connectivity index (χ0n) is 12.0. The van der Waals surface area contributed by atoms with Crippen molar-refractivity contribution in [3.05, 3.63) is 58.5 Å². The Morgan fingerprint density at radius 1 is 1.23 bits per heavy atom. The molecule has 110 valence electrons. The van der Waals surface area contributed by atoms with Gasteiger partial charge in [0.15, 0.2) is 0 Å². The predicted molar refractivity (Wildman–Crippen MR) is 86.9 cm³/mol. The Morgan fingerprint density at radius 3 is 2.91 bits per heavy atom. The number of amides is 1. The number of carbonyl (C=O) groups excluding carboxylic acids is 1. The second-order valence-electron chi connectivity index (χ2n) is 5.46. The lowest BCUT2D eigenvalue weighted by molar-refractivity contribution is 0.0730. The van der Waals surface area contributed by atoms with E-state index >= 15 is 0 Å². The summed E-state index contributed by atoms with van der Waals surface area (Å²) < 4.78 is 0. The molecule has 0 bridgehead atoms. The summed E-state index contributed by atoms with van der Waals surface area (Å²) in [6, 6.07) is 9.90. The van der Waals surface area contributed by atoms with Crippen molar-refractivity contribution in [3.63, 3.8) is 0 Å². The maximum Gasteiger partial charge on any atom is 0.274 e. The SMILES string of the molecule is O=C(c1cnc2ccccc2n1)N1CCC[C@@H]1c1ccsc1. The van der Waals surface area contributed by atoms with Crippen molar-refractivity contribution in [1.82, 2.24) is 14.9 Å². The molecule has 3 aromatic rings. The second kappa shape index (κ2) is 5.50. The molecule has 4 nitrogen and oxygen atoms in total. The Morgan fingerprint density at radius 2 is 2.09 bits per heavy atom. The van der Waals surface area contributed by atoms with Crippen LogP contribution in [0, 0.1) is 0 Å². The molecule has 0 N–H and O–H groups in total. The fourth-order valence-corrected chi connectivity index (χ4v) is 3.74. The number of hydrogen-bond donors (Lipinski definition) is 0. The summed E-state index contributed by atoms with van der Waals surface area (Å²) >= 11 is 1.67. The van der Waals surface area contributed by atoms with Gasteiger partial charge in [-0.05, 0) is 47.4 Å². The number of fused-ring (bicyclic) bond motifs is 1. The van der Waals surface area contributed by atoms with Crippen LogP contribution in [0.3, 0.4) is 0 Å². The number of likely N-dealkylation sites (tertiary alicyclic amines) is 1. The monoisotopic (exact) mass is 309 g/mol. The molecule has 1 saturated heterocycles. The highest BCUT2D eigenvalue weighted by molar-refractivity contribution is 7.08. The minimum Gasteiger partial charge on any atom is -0.330 e. The first-order valence-electron chi connectivity index (χ1n) is 7.38. The van der Waals surface area contributed by atoms with Gasteiger partial charge >= 0.3 is 0 Å². The van der Waals surface area contributed by atoms with E-state index in [9.17, 15) is 4.79 Å². The maximum atomic E-state index is 12.8. The topological polar surface area (TPSA) is 46.1 Å². The van der Waals surface area contributed by atoms with Crippen LogP contribution in [0.25, 0.3) is 11.0 Å². The molecule has 3 heterocycles. The van der Waals surface area contributed by atoms with Gasteiger partial charge in [0.1, 0.15) is 5.69 Å². The lowest BCUT2D eigenvalue weighted by Gasteiger charge is -2.23. The highest BCUT2D eigenvalue weighted by Gasteiger charge is 2.31. The van der Waals surface area contributed by atoms with Crippen LogP contribution in [0.4, 0.5) is 0 Å². The summed E-state index contributed by atoms with van der Waals surface area (Å²) in [6.45, 7) is 0.786. The van der Waals surface area contributed by atoms with Crippen molar-refractivity contribution < 1.29 is 4.79 Å². The Bertz CT molecular complexity index is 816. The molecule has 1 atom stereocenters. The molecular weight excluding hydrogens is 294 g/mol. The van der Waals surface area contributed by atoms with Crippen LogP contribution in [0.1, 0.15) is 34.9 Å². The van der Waals surface area contributed by atoms with Crippen LogP contribution in [0.5, 0.6) is 0 Å². The van der Waals surface area contributed by atoms with E-state index in [2.05, 4.69) is 26.8 Å². The minimum absolute atomic E-state index is 0.0213. The Balaban J connectivity index is 1.67. The number of benzene rings is 1. The zero-order chi connectivity index (χ0) is 14.9. The van der Waals surface area contributed by atoms with Gasteiger partial charge in [-0.3, -0.25) is 9.78 Å². The third kappa shape index (κ3) is 2.27. The molecule has 0 radical (unpaired) electrons. The first-order valence-corrected chi connectivity index (χ1v) is 8.32. The number of rotatable bonds is 2. The van der Waals surface area contributed by atoms with E-state index in [-0.39, 0.29) is 11.9 Å². The van der Waals surface area contributed by atoms with Gasteiger partial charge in [0.2, 0.25) is 0 Å². The first-order chi connectivity index (χ1) is 10.8. The number of nitrogens with zero attached hydrogens (tertiary/aromatic N) is 3. The van der Waals surface area contributed by atoms with E-state index < -0.39 is 0 Å². The Hall–Kier alpha value is -2.27. The summed E-state index contributed by atoms with van der Waals surface area (Å²) in [6.07, 6.45) is 3.64. The van der Waals surface area contributed by atoms with Gasteiger partial charge in [-0.15, -0.1) is 0 Å². The fraction of sp³-hybridized carbons (Fsp3) is 0.235. The van der Waals surface area contributed by atoms with E-state index in [1.807, 2.05) is 29.2 Å². The molecule has 0 aliphatic carbocycles. The molecule has 2 aromatic heterocycles. The van der Waals surface area contributed by atoms with Crippen LogP contribution in [0.15, 0.2) is 47.3 Å². The molecule has 0 unspecified atom stereocenters. The molecule has 1 aliphatic heterocycles. The normalized spacial score (nSPS) is 18.0. The molecule has 22 heavy (non-hydrogen) atoms. The second-order valence-corrected chi connectivity index (χ2v) is 6.24. The van der Waals surface area contributed by atoms with Gasteiger partial charge < -0.3 is 4.90 Å². The molecule has 1 aliphatic rings.